The molecule has 0 aliphatic carbocycles. The molecule has 0 saturated carbocycles. The Bertz CT molecular complexity index is 334. The van der Waals surface area contributed by atoms with Gasteiger partial charge in [0.1, 0.15) is 0 Å². The van der Waals surface area contributed by atoms with E-state index in [1.807, 2.05) is 0 Å². The topological polar surface area (TPSA) is 49.0 Å². The first-order valence-corrected chi connectivity index (χ1v) is 10.9. The second-order valence-electron chi connectivity index (χ2n) is 8.62. The summed E-state index contributed by atoms with van der Waals surface area (Å²) in [6.07, 6.45) is 4.43. The normalized spacial score (nSPS) is 15.9. The molecule has 0 heterocycles. The van der Waals surface area contributed by atoms with Crippen molar-refractivity contribution in [2.24, 2.45) is 0 Å². The second-order valence-corrected chi connectivity index (χ2v) is 8.62. The van der Waals surface area contributed by atoms with Crippen LogP contribution < -0.4 is 5.32 Å². The van der Waals surface area contributed by atoms with Crippen molar-refractivity contribution < 1.29 is 18.9 Å². The lowest BCUT2D eigenvalue weighted by atomic mass is 10.1. The Morgan fingerprint density at radius 3 is 1.56 bits per heavy atom. The summed E-state index contributed by atoms with van der Waals surface area (Å²) in [5, 5.41) is 3.60. The van der Waals surface area contributed by atoms with E-state index in [2.05, 4.69) is 67.6 Å². The summed E-state index contributed by atoms with van der Waals surface area (Å²) in [7, 11) is 0. The van der Waals surface area contributed by atoms with Crippen LogP contribution in [0.4, 0.5) is 0 Å². The molecule has 0 aromatic rings. The highest BCUT2D eigenvalue weighted by Gasteiger charge is 2.16. The van der Waals surface area contributed by atoms with Crippen molar-refractivity contribution in [3.05, 3.63) is 0 Å². The zero-order chi connectivity index (χ0) is 20.8. The number of hydrogen-bond donors (Lipinski definition) is 1. The van der Waals surface area contributed by atoms with E-state index in [4.69, 9.17) is 18.9 Å². The molecule has 0 bridgehead atoms. The molecule has 0 aliphatic rings. The lowest BCUT2D eigenvalue weighted by Crippen LogP contribution is -2.39. The fourth-order valence-electron chi connectivity index (χ4n) is 2.79. The van der Waals surface area contributed by atoms with E-state index in [-0.39, 0.29) is 36.6 Å². The third-order valence-electron chi connectivity index (χ3n) is 4.02. The Labute approximate surface area is 168 Å². The van der Waals surface area contributed by atoms with Gasteiger partial charge in [-0.3, -0.25) is 0 Å². The average molecular weight is 390 g/mol. The summed E-state index contributed by atoms with van der Waals surface area (Å²) >= 11 is 0. The Hall–Kier alpha value is -0.200. The van der Waals surface area contributed by atoms with Crippen molar-refractivity contribution in [1.82, 2.24) is 5.32 Å². The smallest absolute Gasteiger partial charge is 0.0936 e. The molecule has 0 aromatic carbocycles. The van der Waals surface area contributed by atoms with Crippen LogP contribution >= 0.6 is 0 Å². The Morgan fingerprint density at radius 2 is 1.07 bits per heavy atom. The molecule has 3 unspecified atom stereocenters. The monoisotopic (exact) mass is 389 g/mol. The van der Waals surface area contributed by atoms with E-state index in [1.165, 1.54) is 0 Å². The Balaban J connectivity index is 4.19. The van der Waals surface area contributed by atoms with Crippen molar-refractivity contribution >= 4 is 0 Å². The van der Waals surface area contributed by atoms with E-state index in [1.54, 1.807) is 0 Å². The summed E-state index contributed by atoms with van der Waals surface area (Å²) in [6, 6.07) is 0.438. The van der Waals surface area contributed by atoms with Crippen LogP contribution in [-0.4, -0.2) is 62.4 Å². The molecule has 5 nitrogen and oxygen atoms in total. The molecule has 0 radical (unpaired) electrons. The van der Waals surface area contributed by atoms with Crippen LogP contribution in [0.3, 0.4) is 0 Å². The molecular formula is C22H47NO4. The SMILES string of the molecule is CC(CCCC(COC(C)C)OC(C)C)NCC(COC(C)C)OC(C)C. The zero-order valence-corrected chi connectivity index (χ0v) is 19.4. The van der Waals surface area contributed by atoms with Crippen molar-refractivity contribution in [2.75, 3.05) is 19.8 Å². The van der Waals surface area contributed by atoms with Gasteiger partial charge in [0.15, 0.2) is 0 Å². The van der Waals surface area contributed by atoms with Crippen LogP contribution in [0, 0.1) is 0 Å². The van der Waals surface area contributed by atoms with Gasteiger partial charge >= 0.3 is 0 Å². The highest BCUT2D eigenvalue weighted by Crippen LogP contribution is 2.11. The van der Waals surface area contributed by atoms with E-state index in [0.717, 1.165) is 25.8 Å². The lowest BCUT2D eigenvalue weighted by molar-refractivity contribution is -0.0628. The highest BCUT2D eigenvalue weighted by molar-refractivity contribution is 4.69. The molecule has 0 aliphatic heterocycles. The number of ether oxygens (including phenoxy) is 4. The van der Waals surface area contributed by atoms with Gasteiger partial charge in [-0.1, -0.05) is 0 Å². The van der Waals surface area contributed by atoms with Gasteiger partial charge in [-0.05, 0) is 81.6 Å². The van der Waals surface area contributed by atoms with Gasteiger partial charge in [-0.15, -0.1) is 0 Å². The van der Waals surface area contributed by atoms with E-state index < -0.39 is 0 Å². The predicted octanol–water partition coefficient (Wildman–Crippen LogP) is 4.57. The van der Waals surface area contributed by atoms with Crippen LogP contribution in [0.15, 0.2) is 0 Å². The van der Waals surface area contributed by atoms with Crippen LogP contribution in [0.5, 0.6) is 0 Å². The minimum absolute atomic E-state index is 0.0892. The second kappa shape index (κ2) is 15.7. The van der Waals surface area contributed by atoms with Crippen molar-refractivity contribution in [3.63, 3.8) is 0 Å². The summed E-state index contributed by atoms with van der Waals surface area (Å²) in [6.45, 7) is 20.9. The minimum Gasteiger partial charge on any atom is -0.376 e. The van der Waals surface area contributed by atoms with Crippen LogP contribution in [0.2, 0.25) is 0 Å². The fourth-order valence-corrected chi connectivity index (χ4v) is 2.79. The maximum Gasteiger partial charge on any atom is 0.0936 e. The summed E-state index contributed by atoms with van der Waals surface area (Å²) in [4.78, 5) is 0. The predicted molar refractivity (Wildman–Crippen MR) is 114 cm³/mol. The summed E-state index contributed by atoms with van der Waals surface area (Å²) in [5.74, 6) is 0. The number of nitrogens with one attached hydrogen (secondary N) is 1. The lowest BCUT2D eigenvalue weighted by Gasteiger charge is -2.25. The third kappa shape index (κ3) is 17.6. The van der Waals surface area contributed by atoms with Gasteiger partial charge in [0.05, 0.1) is 49.8 Å². The zero-order valence-electron chi connectivity index (χ0n) is 19.4. The highest BCUT2D eigenvalue weighted by atomic mass is 16.5. The van der Waals surface area contributed by atoms with E-state index in [0.29, 0.717) is 19.3 Å². The van der Waals surface area contributed by atoms with Gasteiger partial charge < -0.3 is 24.3 Å². The molecule has 0 amide bonds. The standard InChI is InChI=1S/C22H47NO4/c1-16(2)24-14-21(26-18(5)6)12-10-11-20(9)23-13-22(27-19(7)8)15-25-17(3)4/h16-23H,10-15H2,1-9H3. The molecule has 0 spiro atoms. The van der Waals surface area contributed by atoms with Crippen LogP contribution in [0.1, 0.15) is 81.6 Å². The number of rotatable bonds is 17. The molecule has 1 N–H and O–H groups in total. The van der Waals surface area contributed by atoms with Gasteiger partial charge in [-0.25, -0.2) is 0 Å². The van der Waals surface area contributed by atoms with Crippen molar-refractivity contribution in [2.45, 2.75) is 124 Å². The Morgan fingerprint density at radius 1 is 0.593 bits per heavy atom. The quantitative estimate of drug-likeness (QED) is 0.395. The maximum atomic E-state index is 6.00. The van der Waals surface area contributed by atoms with Gasteiger partial charge in [0.25, 0.3) is 0 Å². The van der Waals surface area contributed by atoms with Gasteiger partial charge in [-0.2, -0.15) is 0 Å². The van der Waals surface area contributed by atoms with Crippen LogP contribution in [0.25, 0.3) is 0 Å². The fraction of sp³-hybridized carbons (Fsp3) is 1.00. The van der Waals surface area contributed by atoms with Gasteiger partial charge in [0, 0.05) is 12.6 Å². The molecular weight excluding hydrogens is 342 g/mol. The largest absolute Gasteiger partial charge is 0.376 e. The first-order chi connectivity index (χ1) is 12.6. The Kier molecular flexibility index (Phi) is 15.6. The third-order valence-corrected chi connectivity index (χ3v) is 4.02. The molecule has 0 fully saturated rings. The molecule has 164 valence electrons. The van der Waals surface area contributed by atoms with Gasteiger partial charge in [0.2, 0.25) is 0 Å². The molecule has 0 rings (SSSR count). The van der Waals surface area contributed by atoms with E-state index >= 15 is 0 Å². The summed E-state index contributed by atoms with van der Waals surface area (Å²) in [5.41, 5.74) is 0. The first kappa shape index (κ1) is 26.8. The minimum atomic E-state index is 0.0892. The summed E-state index contributed by atoms with van der Waals surface area (Å²) < 4.78 is 23.5. The molecule has 5 heteroatoms. The molecule has 0 aromatic heterocycles. The molecule has 3 atom stereocenters. The first-order valence-electron chi connectivity index (χ1n) is 10.9. The van der Waals surface area contributed by atoms with Crippen LogP contribution in [-0.2, 0) is 18.9 Å². The van der Waals surface area contributed by atoms with E-state index in [9.17, 15) is 0 Å². The van der Waals surface area contributed by atoms with Crippen molar-refractivity contribution in [3.8, 4) is 0 Å². The molecule has 0 saturated heterocycles. The molecule has 27 heavy (non-hydrogen) atoms. The average Bonchev–Trinajstić information content (AvgIpc) is 2.53. The maximum absolute atomic E-state index is 6.00. The van der Waals surface area contributed by atoms with Crippen molar-refractivity contribution in [1.29, 1.82) is 0 Å². The number of hydrogen-bond acceptors (Lipinski definition) is 5.